The van der Waals surface area contributed by atoms with Gasteiger partial charge < -0.3 is 10.6 Å². The summed E-state index contributed by atoms with van der Waals surface area (Å²) in [7, 11) is 1.80. The number of nitrogens with one attached hydrogen (secondary N) is 2. The smallest absolute Gasteiger partial charge is 0.191 e. The number of guanidine groups is 1. The Morgan fingerprint density at radius 1 is 0.840 bits per heavy atom. The third kappa shape index (κ3) is 6.59. The van der Waals surface area contributed by atoms with Gasteiger partial charge in [-0.3, -0.25) is 9.89 Å². The summed E-state index contributed by atoms with van der Waals surface area (Å²) in [5.41, 5.74) is 3.87. The molecule has 0 spiro atoms. The summed E-state index contributed by atoms with van der Waals surface area (Å²) in [5, 5.41) is 6.74. The molecular weight excluding hydrogens is 308 g/mol. The van der Waals surface area contributed by atoms with Crippen LogP contribution in [0.3, 0.4) is 0 Å². The largest absolute Gasteiger partial charge is 0.352 e. The van der Waals surface area contributed by atoms with Gasteiger partial charge in [-0.25, -0.2) is 0 Å². The molecule has 0 heterocycles. The molecule has 0 aliphatic heterocycles. The highest BCUT2D eigenvalue weighted by molar-refractivity contribution is 5.79. The van der Waals surface area contributed by atoms with Crippen LogP contribution in [0.1, 0.15) is 30.5 Å². The average molecular weight is 338 g/mol. The molecule has 0 unspecified atom stereocenters. The molecule has 0 saturated carbocycles. The van der Waals surface area contributed by atoms with Crippen LogP contribution in [0.25, 0.3) is 0 Å². The Bertz CT molecular complexity index is 648. The Morgan fingerprint density at radius 2 is 1.44 bits per heavy atom. The van der Waals surface area contributed by atoms with Crippen LogP contribution in [0.15, 0.2) is 59.6 Å². The van der Waals surface area contributed by atoms with Crippen molar-refractivity contribution in [3.05, 3.63) is 71.3 Å². The first-order valence-electron chi connectivity index (χ1n) is 9.03. The second-order valence-electron chi connectivity index (χ2n) is 6.05. The Kier molecular flexibility index (Phi) is 7.99. The summed E-state index contributed by atoms with van der Waals surface area (Å²) in [6, 6.07) is 19.1. The fourth-order valence-electron chi connectivity index (χ4n) is 2.73. The summed E-state index contributed by atoms with van der Waals surface area (Å²) in [5.74, 6) is 0.818. The molecule has 2 aromatic rings. The van der Waals surface area contributed by atoms with E-state index in [2.05, 4.69) is 82.9 Å². The fraction of sp³-hybridized carbons (Fsp3) is 0.381. The van der Waals surface area contributed by atoms with E-state index in [1.54, 1.807) is 7.05 Å². The van der Waals surface area contributed by atoms with Gasteiger partial charge in [-0.05, 0) is 29.8 Å². The van der Waals surface area contributed by atoms with Crippen molar-refractivity contribution in [2.45, 2.75) is 33.5 Å². The Balaban J connectivity index is 1.86. The van der Waals surface area contributed by atoms with Crippen molar-refractivity contribution in [3.8, 4) is 0 Å². The summed E-state index contributed by atoms with van der Waals surface area (Å²) in [4.78, 5) is 6.73. The van der Waals surface area contributed by atoms with Crippen LogP contribution in [0.2, 0.25) is 0 Å². The van der Waals surface area contributed by atoms with Crippen molar-refractivity contribution in [1.29, 1.82) is 0 Å². The van der Waals surface area contributed by atoms with Crippen LogP contribution in [0.4, 0.5) is 0 Å². The van der Waals surface area contributed by atoms with E-state index < -0.39 is 0 Å². The van der Waals surface area contributed by atoms with Gasteiger partial charge in [0.15, 0.2) is 5.96 Å². The second kappa shape index (κ2) is 10.5. The molecule has 4 nitrogen and oxygen atoms in total. The Labute approximate surface area is 152 Å². The molecule has 0 radical (unpaired) electrons. The molecule has 2 N–H and O–H groups in total. The van der Waals surface area contributed by atoms with E-state index in [1.807, 2.05) is 6.07 Å². The molecule has 134 valence electrons. The molecule has 0 aliphatic carbocycles. The van der Waals surface area contributed by atoms with Gasteiger partial charge in [0, 0.05) is 26.7 Å². The lowest BCUT2D eigenvalue weighted by Crippen LogP contribution is -2.36. The maximum atomic E-state index is 4.30. The van der Waals surface area contributed by atoms with E-state index in [0.29, 0.717) is 0 Å². The number of aliphatic imine (C=N–C) groups is 1. The Morgan fingerprint density at radius 3 is 2.08 bits per heavy atom. The van der Waals surface area contributed by atoms with Gasteiger partial charge in [0.1, 0.15) is 0 Å². The zero-order valence-corrected chi connectivity index (χ0v) is 15.6. The number of nitrogens with zero attached hydrogens (tertiary/aromatic N) is 2. The summed E-state index contributed by atoms with van der Waals surface area (Å²) in [6.07, 6.45) is 0. The SMILES string of the molecule is CCN(CC)Cc1cccc(CNC(=NC)NCc2ccccc2)c1. The number of benzene rings is 2. The van der Waals surface area contributed by atoms with E-state index in [4.69, 9.17) is 0 Å². The van der Waals surface area contributed by atoms with Gasteiger partial charge in [-0.15, -0.1) is 0 Å². The first kappa shape index (κ1) is 19.0. The van der Waals surface area contributed by atoms with Gasteiger partial charge >= 0.3 is 0 Å². The monoisotopic (exact) mass is 338 g/mol. The van der Waals surface area contributed by atoms with Gasteiger partial charge in [0.2, 0.25) is 0 Å². The van der Waals surface area contributed by atoms with Gasteiger partial charge in [0.05, 0.1) is 0 Å². The standard InChI is InChI=1S/C21H30N4/c1-4-25(5-2)17-20-13-9-12-19(14-20)16-24-21(22-3)23-15-18-10-7-6-8-11-18/h6-14H,4-5,15-17H2,1-3H3,(H2,22,23,24). The van der Waals surface area contributed by atoms with E-state index >= 15 is 0 Å². The van der Waals surface area contributed by atoms with Gasteiger partial charge in [0.25, 0.3) is 0 Å². The lowest BCUT2D eigenvalue weighted by Gasteiger charge is -2.18. The molecule has 2 rings (SSSR count). The first-order chi connectivity index (χ1) is 12.2. The Hall–Kier alpha value is -2.33. The zero-order chi connectivity index (χ0) is 17.9. The molecule has 0 amide bonds. The van der Waals surface area contributed by atoms with Crippen molar-refractivity contribution in [2.24, 2.45) is 4.99 Å². The topological polar surface area (TPSA) is 39.7 Å². The van der Waals surface area contributed by atoms with Crippen LogP contribution in [-0.2, 0) is 19.6 Å². The van der Waals surface area contributed by atoms with E-state index in [-0.39, 0.29) is 0 Å². The third-order valence-corrected chi connectivity index (χ3v) is 4.28. The van der Waals surface area contributed by atoms with Gasteiger partial charge in [-0.1, -0.05) is 68.4 Å². The summed E-state index contributed by atoms with van der Waals surface area (Å²) >= 11 is 0. The number of hydrogen-bond donors (Lipinski definition) is 2. The summed E-state index contributed by atoms with van der Waals surface area (Å²) in [6.45, 7) is 9.10. The molecule has 0 bridgehead atoms. The van der Waals surface area contributed by atoms with Crippen molar-refractivity contribution < 1.29 is 0 Å². The lowest BCUT2D eigenvalue weighted by molar-refractivity contribution is 0.296. The van der Waals surface area contributed by atoms with Crippen molar-refractivity contribution in [1.82, 2.24) is 15.5 Å². The molecule has 0 aromatic heterocycles. The lowest BCUT2D eigenvalue weighted by atomic mass is 10.1. The van der Waals surface area contributed by atoms with Crippen LogP contribution in [-0.4, -0.2) is 31.0 Å². The minimum Gasteiger partial charge on any atom is -0.352 e. The second-order valence-corrected chi connectivity index (χ2v) is 6.05. The summed E-state index contributed by atoms with van der Waals surface area (Å²) < 4.78 is 0. The maximum absolute atomic E-state index is 4.30. The molecular formula is C21H30N4. The average Bonchev–Trinajstić information content (AvgIpc) is 2.67. The fourth-order valence-corrected chi connectivity index (χ4v) is 2.73. The zero-order valence-electron chi connectivity index (χ0n) is 15.6. The van der Waals surface area contributed by atoms with Gasteiger partial charge in [-0.2, -0.15) is 0 Å². The number of rotatable bonds is 8. The third-order valence-electron chi connectivity index (χ3n) is 4.28. The predicted molar refractivity (Wildman–Crippen MR) is 107 cm³/mol. The highest BCUT2D eigenvalue weighted by atomic mass is 15.2. The van der Waals surface area contributed by atoms with Crippen LogP contribution < -0.4 is 10.6 Å². The highest BCUT2D eigenvalue weighted by Gasteiger charge is 2.03. The maximum Gasteiger partial charge on any atom is 0.191 e. The van der Waals surface area contributed by atoms with Crippen LogP contribution in [0.5, 0.6) is 0 Å². The molecule has 0 atom stereocenters. The molecule has 25 heavy (non-hydrogen) atoms. The molecule has 4 heteroatoms. The predicted octanol–water partition coefficient (Wildman–Crippen LogP) is 3.39. The first-order valence-corrected chi connectivity index (χ1v) is 9.03. The normalized spacial score (nSPS) is 11.6. The van der Waals surface area contributed by atoms with Crippen molar-refractivity contribution in [2.75, 3.05) is 20.1 Å². The quantitative estimate of drug-likeness (QED) is 0.572. The van der Waals surface area contributed by atoms with Crippen molar-refractivity contribution in [3.63, 3.8) is 0 Å². The minimum atomic E-state index is 0.764. The van der Waals surface area contributed by atoms with E-state index in [0.717, 1.165) is 38.7 Å². The minimum absolute atomic E-state index is 0.764. The molecule has 2 aromatic carbocycles. The van der Waals surface area contributed by atoms with Crippen LogP contribution in [0, 0.1) is 0 Å². The van der Waals surface area contributed by atoms with Crippen molar-refractivity contribution >= 4 is 5.96 Å². The molecule has 0 aliphatic rings. The highest BCUT2D eigenvalue weighted by Crippen LogP contribution is 2.08. The number of hydrogen-bond acceptors (Lipinski definition) is 2. The van der Waals surface area contributed by atoms with E-state index in [9.17, 15) is 0 Å². The molecule has 0 fully saturated rings. The van der Waals surface area contributed by atoms with E-state index in [1.165, 1.54) is 16.7 Å². The molecule has 0 saturated heterocycles. The van der Waals surface area contributed by atoms with Crippen LogP contribution >= 0.6 is 0 Å².